The number of carbonyl (C=O) groups excluding carboxylic acids is 1. The van der Waals surface area contributed by atoms with Crippen LogP contribution in [0, 0.1) is 20.8 Å². The topological polar surface area (TPSA) is 42.9 Å². The summed E-state index contributed by atoms with van der Waals surface area (Å²) in [6.45, 7) is 6.15. The maximum atomic E-state index is 12.2. The van der Waals surface area contributed by atoms with Crippen molar-refractivity contribution >= 4 is 17.5 Å². The van der Waals surface area contributed by atoms with Gasteiger partial charge in [-0.1, -0.05) is 59.3 Å². The van der Waals surface area contributed by atoms with Crippen molar-refractivity contribution in [1.82, 2.24) is 10.2 Å². The Morgan fingerprint density at radius 3 is 2.28 bits per heavy atom. The number of aromatic nitrogens is 2. The molecule has 0 unspecified atom stereocenters. The average molecular weight is 348 g/mol. The third-order valence-corrected chi connectivity index (χ3v) is 4.95. The smallest absolute Gasteiger partial charge is 0.173 e. The van der Waals surface area contributed by atoms with Gasteiger partial charge in [0.05, 0.1) is 11.4 Å². The van der Waals surface area contributed by atoms with Gasteiger partial charge in [0.1, 0.15) is 5.03 Å². The number of Topliss-reactive ketones (excluding diaryl/α,β-unsaturated/α-hetero) is 1. The molecule has 0 fully saturated rings. The monoisotopic (exact) mass is 348 g/mol. The fourth-order valence-corrected chi connectivity index (χ4v) is 3.22. The van der Waals surface area contributed by atoms with E-state index in [0.717, 1.165) is 27.4 Å². The quantitative estimate of drug-likeness (QED) is 0.478. The van der Waals surface area contributed by atoms with Gasteiger partial charge in [-0.2, -0.15) is 0 Å². The number of hydrogen-bond acceptors (Lipinski definition) is 4. The Balaban J connectivity index is 1.67. The predicted octanol–water partition coefficient (Wildman–Crippen LogP) is 5.04. The highest BCUT2D eigenvalue weighted by Crippen LogP contribution is 2.24. The second kappa shape index (κ2) is 7.62. The Morgan fingerprint density at radius 1 is 0.880 bits per heavy atom. The van der Waals surface area contributed by atoms with Gasteiger partial charge in [-0.3, -0.25) is 4.79 Å². The van der Waals surface area contributed by atoms with Gasteiger partial charge in [-0.25, -0.2) is 0 Å². The van der Waals surface area contributed by atoms with Gasteiger partial charge in [-0.15, -0.1) is 10.2 Å². The molecule has 3 aromatic rings. The van der Waals surface area contributed by atoms with Gasteiger partial charge in [0.25, 0.3) is 0 Å². The van der Waals surface area contributed by atoms with E-state index in [1.165, 1.54) is 22.9 Å². The minimum atomic E-state index is 0.102. The van der Waals surface area contributed by atoms with Gasteiger partial charge in [0.2, 0.25) is 0 Å². The molecule has 0 bridgehead atoms. The molecule has 0 N–H and O–H groups in total. The first-order chi connectivity index (χ1) is 12.0. The van der Waals surface area contributed by atoms with E-state index in [1.807, 2.05) is 43.3 Å². The Hall–Kier alpha value is -2.46. The van der Waals surface area contributed by atoms with Gasteiger partial charge in [-0.05, 0) is 44.5 Å². The van der Waals surface area contributed by atoms with Crippen LogP contribution in [0.1, 0.15) is 27.0 Å². The number of carbonyl (C=O) groups is 1. The first kappa shape index (κ1) is 17.4. The van der Waals surface area contributed by atoms with Crippen molar-refractivity contribution in [2.75, 3.05) is 5.75 Å². The maximum absolute atomic E-state index is 12.2. The summed E-state index contributed by atoms with van der Waals surface area (Å²) in [6.07, 6.45) is 0. The van der Waals surface area contributed by atoms with Crippen LogP contribution in [0.25, 0.3) is 11.3 Å². The number of benzene rings is 2. The molecule has 1 heterocycles. The van der Waals surface area contributed by atoms with E-state index in [0.29, 0.717) is 5.75 Å². The summed E-state index contributed by atoms with van der Waals surface area (Å²) < 4.78 is 0. The van der Waals surface area contributed by atoms with Crippen molar-refractivity contribution in [3.8, 4) is 11.3 Å². The van der Waals surface area contributed by atoms with Crippen molar-refractivity contribution in [2.45, 2.75) is 25.8 Å². The first-order valence-corrected chi connectivity index (χ1v) is 9.15. The van der Waals surface area contributed by atoms with Crippen molar-refractivity contribution in [3.63, 3.8) is 0 Å². The zero-order valence-corrected chi connectivity index (χ0v) is 15.4. The van der Waals surface area contributed by atoms with Crippen LogP contribution in [0.2, 0.25) is 0 Å². The van der Waals surface area contributed by atoms with Crippen LogP contribution >= 0.6 is 11.8 Å². The second-order valence-corrected chi connectivity index (χ2v) is 7.15. The third kappa shape index (κ3) is 4.34. The fourth-order valence-electron chi connectivity index (χ4n) is 2.51. The lowest BCUT2D eigenvalue weighted by Gasteiger charge is -2.07. The van der Waals surface area contributed by atoms with Crippen LogP contribution < -0.4 is 0 Å². The fraction of sp³-hybridized carbons (Fsp3) is 0.190. The summed E-state index contributed by atoms with van der Waals surface area (Å²) >= 11 is 1.42. The van der Waals surface area contributed by atoms with Crippen LogP contribution in [0.3, 0.4) is 0 Å². The van der Waals surface area contributed by atoms with E-state index < -0.39 is 0 Å². The Kier molecular flexibility index (Phi) is 5.29. The van der Waals surface area contributed by atoms with Crippen molar-refractivity contribution in [3.05, 3.63) is 76.9 Å². The third-order valence-electron chi connectivity index (χ3n) is 4.03. The number of hydrogen-bond donors (Lipinski definition) is 0. The Morgan fingerprint density at radius 2 is 1.60 bits per heavy atom. The molecule has 0 amide bonds. The van der Waals surface area contributed by atoms with Crippen molar-refractivity contribution < 1.29 is 4.79 Å². The highest BCUT2D eigenvalue weighted by molar-refractivity contribution is 7.99. The van der Waals surface area contributed by atoms with Gasteiger partial charge < -0.3 is 0 Å². The lowest BCUT2D eigenvalue weighted by molar-refractivity contribution is 0.102. The summed E-state index contributed by atoms with van der Waals surface area (Å²) in [4.78, 5) is 12.2. The highest BCUT2D eigenvalue weighted by Gasteiger charge is 2.09. The Bertz CT molecular complexity index is 887. The molecule has 3 rings (SSSR count). The molecular weight excluding hydrogens is 328 g/mol. The molecule has 0 spiro atoms. The highest BCUT2D eigenvalue weighted by atomic mass is 32.2. The van der Waals surface area contributed by atoms with Crippen LogP contribution in [0.4, 0.5) is 0 Å². The molecule has 0 radical (unpaired) electrons. The van der Waals surface area contributed by atoms with Crippen LogP contribution in [0.15, 0.2) is 59.6 Å². The zero-order valence-electron chi connectivity index (χ0n) is 14.6. The molecule has 25 heavy (non-hydrogen) atoms. The van der Waals surface area contributed by atoms with Crippen molar-refractivity contribution in [1.29, 1.82) is 0 Å². The number of aryl methyl sites for hydroxylation is 3. The number of ketones is 1. The summed E-state index contributed by atoms with van der Waals surface area (Å²) in [5.74, 6) is 0.464. The van der Waals surface area contributed by atoms with E-state index in [4.69, 9.17) is 0 Å². The van der Waals surface area contributed by atoms with E-state index >= 15 is 0 Å². The number of rotatable bonds is 5. The standard InChI is InChI=1S/C21H20N2OS/c1-14-5-8-17(9-6-14)20(24)13-25-21-11-10-19(22-23-21)18-12-15(2)4-7-16(18)3/h4-12H,13H2,1-3H3. The molecule has 126 valence electrons. The van der Waals surface area contributed by atoms with Crippen LogP contribution in [-0.4, -0.2) is 21.7 Å². The summed E-state index contributed by atoms with van der Waals surface area (Å²) in [6, 6.07) is 17.8. The summed E-state index contributed by atoms with van der Waals surface area (Å²) in [5, 5.41) is 9.36. The van der Waals surface area contributed by atoms with E-state index in [-0.39, 0.29) is 5.78 Å². The first-order valence-electron chi connectivity index (χ1n) is 8.17. The molecular formula is C21H20N2OS. The molecule has 2 aromatic carbocycles. The molecule has 0 aliphatic heterocycles. The summed E-state index contributed by atoms with van der Waals surface area (Å²) in [7, 11) is 0. The van der Waals surface area contributed by atoms with Crippen LogP contribution in [0.5, 0.6) is 0 Å². The lowest BCUT2D eigenvalue weighted by Crippen LogP contribution is -2.02. The van der Waals surface area contributed by atoms with E-state index in [2.05, 4.69) is 42.2 Å². The average Bonchev–Trinajstić information content (AvgIpc) is 2.63. The number of thioether (sulfide) groups is 1. The predicted molar refractivity (Wildman–Crippen MR) is 103 cm³/mol. The molecule has 0 aliphatic carbocycles. The van der Waals surface area contributed by atoms with Gasteiger partial charge >= 0.3 is 0 Å². The number of nitrogens with zero attached hydrogens (tertiary/aromatic N) is 2. The van der Waals surface area contributed by atoms with Crippen LogP contribution in [-0.2, 0) is 0 Å². The molecule has 0 aliphatic rings. The van der Waals surface area contributed by atoms with E-state index in [1.54, 1.807) is 0 Å². The molecule has 1 aromatic heterocycles. The molecule has 0 atom stereocenters. The van der Waals surface area contributed by atoms with Crippen molar-refractivity contribution in [2.24, 2.45) is 0 Å². The summed E-state index contributed by atoms with van der Waals surface area (Å²) in [5.41, 5.74) is 6.21. The SMILES string of the molecule is Cc1ccc(C(=O)CSc2ccc(-c3cc(C)ccc3C)nn2)cc1. The lowest BCUT2D eigenvalue weighted by atomic mass is 10.0. The minimum absolute atomic E-state index is 0.102. The van der Waals surface area contributed by atoms with Gasteiger partial charge in [0, 0.05) is 11.1 Å². The molecule has 0 saturated carbocycles. The van der Waals surface area contributed by atoms with Gasteiger partial charge in [0.15, 0.2) is 5.78 Å². The van der Waals surface area contributed by atoms with E-state index in [9.17, 15) is 4.79 Å². The molecule has 3 nitrogen and oxygen atoms in total. The largest absolute Gasteiger partial charge is 0.293 e. The second-order valence-electron chi connectivity index (χ2n) is 6.15. The maximum Gasteiger partial charge on any atom is 0.173 e. The molecule has 4 heteroatoms. The minimum Gasteiger partial charge on any atom is -0.293 e. The molecule has 0 saturated heterocycles. The normalized spacial score (nSPS) is 10.7. The zero-order chi connectivity index (χ0) is 17.8. The Labute approximate surface area is 152 Å².